The lowest BCUT2D eigenvalue weighted by atomic mass is 10.0. The van der Waals surface area contributed by atoms with Crippen LogP contribution in [-0.4, -0.2) is 66.4 Å². The zero-order valence-electron chi connectivity index (χ0n) is 14.8. The third-order valence-electron chi connectivity index (χ3n) is 4.49. The van der Waals surface area contributed by atoms with Gasteiger partial charge >= 0.3 is 0 Å². The molecule has 0 bridgehead atoms. The summed E-state index contributed by atoms with van der Waals surface area (Å²) in [5.41, 5.74) is 0.558. The molecule has 1 aliphatic heterocycles. The van der Waals surface area contributed by atoms with Crippen molar-refractivity contribution in [2.75, 3.05) is 40.3 Å². The molecule has 1 aliphatic rings. The number of hydrogen-bond acceptors (Lipinski definition) is 3. The van der Waals surface area contributed by atoms with E-state index in [4.69, 9.17) is 0 Å². The number of carbonyl (C=O) groups is 1. The topological polar surface area (TPSA) is 26.8 Å². The lowest BCUT2D eigenvalue weighted by Crippen LogP contribution is -2.56. The van der Waals surface area contributed by atoms with E-state index < -0.39 is 6.04 Å². The minimum atomic E-state index is -0.572. The summed E-state index contributed by atoms with van der Waals surface area (Å²) in [6, 6.07) is 5.97. The summed E-state index contributed by atoms with van der Waals surface area (Å²) in [5, 5.41) is 0. The van der Waals surface area contributed by atoms with Crippen molar-refractivity contribution in [2.24, 2.45) is 0 Å². The van der Waals surface area contributed by atoms with Gasteiger partial charge in [0.1, 0.15) is 11.9 Å². The van der Waals surface area contributed by atoms with Crippen LogP contribution in [0.1, 0.15) is 32.4 Å². The van der Waals surface area contributed by atoms with Crippen molar-refractivity contribution in [1.82, 2.24) is 14.7 Å². The van der Waals surface area contributed by atoms with E-state index in [0.29, 0.717) is 18.7 Å². The first-order chi connectivity index (χ1) is 10.7. The zero-order valence-corrected chi connectivity index (χ0v) is 14.8. The number of piperazine rings is 1. The van der Waals surface area contributed by atoms with Crippen LogP contribution in [0.2, 0.25) is 0 Å². The maximum atomic E-state index is 14.1. The number of benzene rings is 1. The average molecular weight is 321 g/mol. The summed E-state index contributed by atoms with van der Waals surface area (Å²) in [4.78, 5) is 19.0. The van der Waals surface area contributed by atoms with Crippen molar-refractivity contribution in [3.05, 3.63) is 35.6 Å². The summed E-state index contributed by atoms with van der Waals surface area (Å²) in [6.45, 7) is 9.65. The third kappa shape index (κ3) is 4.09. The molecule has 0 saturated carbocycles. The Bertz CT molecular complexity index is 545. The summed E-state index contributed by atoms with van der Waals surface area (Å²) in [6.07, 6.45) is 0. The van der Waals surface area contributed by atoms with Gasteiger partial charge in [0, 0.05) is 37.3 Å². The van der Waals surface area contributed by atoms with Crippen LogP contribution < -0.4 is 0 Å². The lowest BCUT2D eigenvalue weighted by Gasteiger charge is -2.43. The van der Waals surface area contributed by atoms with Gasteiger partial charge in [0.15, 0.2) is 0 Å². The van der Waals surface area contributed by atoms with Crippen LogP contribution in [0.25, 0.3) is 0 Å². The maximum Gasteiger partial charge on any atom is 0.244 e. The highest BCUT2D eigenvalue weighted by Gasteiger charge is 2.33. The molecule has 1 aromatic carbocycles. The van der Waals surface area contributed by atoms with Gasteiger partial charge in [-0.05, 0) is 40.9 Å². The Hall–Kier alpha value is -1.46. The Morgan fingerprint density at radius 2 is 1.70 bits per heavy atom. The van der Waals surface area contributed by atoms with Crippen molar-refractivity contribution in [3.63, 3.8) is 0 Å². The predicted octanol–water partition coefficient (Wildman–Crippen LogP) is 2.37. The molecule has 1 saturated heterocycles. The van der Waals surface area contributed by atoms with Crippen LogP contribution >= 0.6 is 0 Å². The van der Waals surface area contributed by atoms with E-state index in [0.717, 1.165) is 13.1 Å². The van der Waals surface area contributed by atoms with Gasteiger partial charge in [0.2, 0.25) is 5.91 Å². The molecule has 1 aromatic rings. The van der Waals surface area contributed by atoms with E-state index in [1.165, 1.54) is 6.07 Å². The summed E-state index contributed by atoms with van der Waals surface area (Å²) in [5.74, 6) is -0.346. The fraction of sp³-hybridized carbons (Fsp3) is 0.611. The molecule has 0 N–H and O–H groups in total. The van der Waals surface area contributed by atoms with Crippen LogP contribution in [0.15, 0.2) is 24.3 Å². The number of likely N-dealkylation sites (N-methyl/N-ethyl adjacent to an activating group) is 1. The number of rotatable bonds is 3. The molecule has 1 amide bonds. The smallest absolute Gasteiger partial charge is 0.244 e. The van der Waals surface area contributed by atoms with Gasteiger partial charge in [-0.1, -0.05) is 18.2 Å². The Labute approximate surface area is 138 Å². The van der Waals surface area contributed by atoms with Crippen LogP contribution in [0, 0.1) is 5.82 Å². The van der Waals surface area contributed by atoms with Gasteiger partial charge in [-0.2, -0.15) is 0 Å². The largest absolute Gasteiger partial charge is 0.338 e. The Morgan fingerprint density at radius 1 is 1.13 bits per heavy atom. The van der Waals surface area contributed by atoms with Gasteiger partial charge < -0.3 is 4.90 Å². The molecule has 0 radical (unpaired) electrons. The highest BCUT2D eigenvalue weighted by molar-refractivity contribution is 5.83. The van der Waals surface area contributed by atoms with Crippen LogP contribution in [-0.2, 0) is 4.79 Å². The second-order valence-corrected chi connectivity index (χ2v) is 7.37. The SMILES string of the molecule is CN(C)C(C(=O)N1CCN(C(C)(C)C)CC1)c1ccccc1F. The second kappa shape index (κ2) is 6.97. The monoisotopic (exact) mass is 321 g/mol. The number of halogens is 1. The number of amides is 1. The van der Waals surface area contributed by atoms with E-state index in [9.17, 15) is 9.18 Å². The van der Waals surface area contributed by atoms with E-state index in [1.54, 1.807) is 23.1 Å². The first-order valence-electron chi connectivity index (χ1n) is 8.16. The highest BCUT2D eigenvalue weighted by Crippen LogP contribution is 2.25. The number of nitrogens with zero attached hydrogens (tertiary/aromatic N) is 3. The van der Waals surface area contributed by atoms with Crippen molar-refractivity contribution >= 4 is 5.91 Å². The minimum absolute atomic E-state index is 0.0198. The minimum Gasteiger partial charge on any atom is -0.338 e. The van der Waals surface area contributed by atoms with Gasteiger partial charge in [0.05, 0.1) is 0 Å². The van der Waals surface area contributed by atoms with E-state index in [2.05, 4.69) is 25.7 Å². The molecule has 128 valence electrons. The molecular weight excluding hydrogens is 293 g/mol. The van der Waals surface area contributed by atoms with Gasteiger partial charge in [-0.3, -0.25) is 14.6 Å². The summed E-state index contributed by atoms with van der Waals surface area (Å²) in [7, 11) is 3.64. The maximum absolute atomic E-state index is 14.1. The van der Waals surface area contributed by atoms with Gasteiger partial charge in [-0.25, -0.2) is 4.39 Å². The molecule has 4 nitrogen and oxygen atoms in total. The molecular formula is C18H28FN3O. The molecule has 1 fully saturated rings. The number of hydrogen-bond donors (Lipinski definition) is 0. The fourth-order valence-electron chi connectivity index (χ4n) is 3.10. The third-order valence-corrected chi connectivity index (χ3v) is 4.49. The molecule has 0 aromatic heterocycles. The Balaban J connectivity index is 2.13. The Morgan fingerprint density at radius 3 is 2.17 bits per heavy atom. The first kappa shape index (κ1) is 17.9. The standard InChI is InChI=1S/C18H28FN3O/c1-18(2,3)22-12-10-21(11-13-22)17(23)16(20(4)5)14-8-6-7-9-15(14)19/h6-9,16H,10-13H2,1-5H3. The van der Waals surface area contributed by atoms with E-state index in [1.807, 2.05) is 19.0 Å². The van der Waals surface area contributed by atoms with E-state index in [-0.39, 0.29) is 17.3 Å². The van der Waals surface area contributed by atoms with Gasteiger partial charge in [-0.15, -0.1) is 0 Å². The molecule has 0 aliphatic carbocycles. The van der Waals surface area contributed by atoms with E-state index >= 15 is 0 Å². The molecule has 2 rings (SSSR count). The quantitative estimate of drug-likeness (QED) is 0.855. The summed E-state index contributed by atoms with van der Waals surface area (Å²) >= 11 is 0. The zero-order chi connectivity index (χ0) is 17.2. The highest BCUT2D eigenvalue weighted by atomic mass is 19.1. The van der Waals surface area contributed by atoms with Gasteiger partial charge in [0.25, 0.3) is 0 Å². The molecule has 1 heterocycles. The first-order valence-corrected chi connectivity index (χ1v) is 8.16. The molecule has 5 heteroatoms. The summed E-state index contributed by atoms with van der Waals surface area (Å²) < 4.78 is 14.1. The van der Waals surface area contributed by atoms with Crippen molar-refractivity contribution in [2.45, 2.75) is 32.4 Å². The predicted molar refractivity (Wildman–Crippen MR) is 90.7 cm³/mol. The Kier molecular flexibility index (Phi) is 5.42. The molecule has 1 atom stereocenters. The fourth-order valence-corrected chi connectivity index (χ4v) is 3.10. The second-order valence-electron chi connectivity index (χ2n) is 7.37. The lowest BCUT2D eigenvalue weighted by molar-refractivity contribution is -0.139. The molecule has 1 unspecified atom stereocenters. The van der Waals surface area contributed by atoms with Crippen molar-refractivity contribution in [3.8, 4) is 0 Å². The van der Waals surface area contributed by atoms with Crippen LogP contribution in [0.5, 0.6) is 0 Å². The van der Waals surface area contributed by atoms with Crippen molar-refractivity contribution < 1.29 is 9.18 Å². The number of carbonyl (C=O) groups excluding carboxylic acids is 1. The average Bonchev–Trinajstić information content (AvgIpc) is 2.48. The molecule has 23 heavy (non-hydrogen) atoms. The van der Waals surface area contributed by atoms with Crippen LogP contribution in [0.4, 0.5) is 4.39 Å². The van der Waals surface area contributed by atoms with Crippen LogP contribution in [0.3, 0.4) is 0 Å². The molecule has 0 spiro atoms. The van der Waals surface area contributed by atoms with Crippen molar-refractivity contribution in [1.29, 1.82) is 0 Å². The normalized spacial score (nSPS) is 18.3.